The molecule has 142 valence electrons. The van der Waals surface area contributed by atoms with Crippen LogP contribution < -0.4 is 5.32 Å². The summed E-state index contributed by atoms with van der Waals surface area (Å²) in [5.74, 6) is 1.46. The summed E-state index contributed by atoms with van der Waals surface area (Å²) in [6, 6.07) is 8.43. The van der Waals surface area contributed by atoms with E-state index in [-0.39, 0.29) is 27.9 Å². The van der Waals surface area contributed by atoms with E-state index in [1.54, 1.807) is 30.3 Å². The Hall–Kier alpha value is -0.880. The molecule has 4 fully saturated rings. The molecule has 1 aromatic carbocycles. The smallest absolute Gasteiger partial charge is 0.220 e. The monoisotopic (exact) mass is 439 g/mol. The van der Waals surface area contributed by atoms with Gasteiger partial charge in [0.25, 0.3) is 0 Å². The van der Waals surface area contributed by atoms with Gasteiger partial charge >= 0.3 is 0 Å². The number of sulfone groups is 1. The molecule has 6 heteroatoms. The van der Waals surface area contributed by atoms with Crippen molar-refractivity contribution in [3.8, 4) is 0 Å². The number of carbonyl (C=O) groups excluding carboxylic acids is 1. The molecule has 0 heterocycles. The molecule has 0 radical (unpaired) electrons. The van der Waals surface area contributed by atoms with Crippen molar-refractivity contribution in [3.05, 3.63) is 30.3 Å². The first-order valence-corrected chi connectivity index (χ1v) is 12.0. The molecule has 0 spiro atoms. The maximum atomic E-state index is 12.5. The first-order valence-electron chi connectivity index (χ1n) is 9.51. The van der Waals surface area contributed by atoms with Crippen LogP contribution in [0.1, 0.15) is 44.9 Å². The second-order valence-corrected chi connectivity index (χ2v) is 12.6. The zero-order valence-electron chi connectivity index (χ0n) is 14.9. The Morgan fingerprint density at radius 1 is 1.12 bits per heavy atom. The molecule has 1 amide bonds. The summed E-state index contributed by atoms with van der Waals surface area (Å²) < 4.78 is 24.9. The van der Waals surface area contributed by atoms with Gasteiger partial charge in [-0.3, -0.25) is 4.79 Å². The van der Waals surface area contributed by atoms with Crippen LogP contribution in [0, 0.1) is 17.3 Å². The quantitative estimate of drug-likeness (QED) is 0.687. The Labute approximate surface area is 164 Å². The normalized spacial score (nSPS) is 35.4. The maximum absolute atomic E-state index is 12.5. The maximum Gasteiger partial charge on any atom is 0.220 e. The third-order valence-corrected chi connectivity index (χ3v) is 9.10. The Bertz CT molecular complexity index is 779. The van der Waals surface area contributed by atoms with Gasteiger partial charge in [-0.15, -0.1) is 0 Å². The van der Waals surface area contributed by atoms with Crippen molar-refractivity contribution in [1.82, 2.24) is 5.32 Å². The summed E-state index contributed by atoms with van der Waals surface area (Å²) >= 11 is 3.98. The molecule has 2 unspecified atom stereocenters. The lowest BCUT2D eigenvalue weighted by atomic mass is 9.48. The number of halogens is 1. The highest BCUT2D eigenvalue weighted by Crippen LogP contribution is 2.65. The lowest BCUT2D eigenvalue weighted by molar-refractivity contribution is -0.128. The molecule has 0 aliphatic heterocycles. The van der Waals surface area contributed by atoms with Gasteiger partial charge in [-0.2, -0.15) is 0 Å². The molecule has 1 aromatic rings. The van der Waals surface area contributed by atoms with Crippen LogP contribution in [0.25, 0.3) is 0 Å². The molecule has 0 saturated heterocycles. The van der Waals surface area contributed by atoms with E-state index in [2.05, 4.69) is 21.2 Å². The second-order valence-electron chi connectivity index (χ2n) is 8.77. The lowest BCUT2D eigenvalue weighted by Crippen LogP contribution is -2.54. The first-order chi connectivity index (χ1) is 12.3. The van der Waals surface area contributed by atoms with Crippen LogP contribution in [-0.2, 0) is 14.6 Å². The Morgan fingerprint density at radius 2 is 1.77 bits per heavy atom. The lowest BCUT2D eigenvalue weighted by Gasteiger charge is -2.60. The van der Waals surface area contributed by atoms with E-state index in [4.69, 9.17) is 0 Å². The Morgan fingerprint density at radius 3 is 2.38 bits per heavy atom. The van der Waals surface area contributed by atoms with Crippen LogP contribution in [0.4, 0.5) is 0 Å². The van der Waals surface area contributed by atoms with Crippen LogP contribution >= 0.6 is 15.9 Å². The van der Waals surface area contributed by atoms with E-state index in [0.717, 1.165) is 31.1 Å². The van der Waals surface area contributed by atoms with Crippen molar-refractivity contribution < 1.29 is 13.2 Å². The van der Waals surface area contributed by atoms with Crippen molar-refractivity contribution in [2.45, 2.75) is 54.2 Å². The summed E-state index contributed by atoms with van der Waals surface area (Å²) in [7, 11) is -3.34. The van der Waals surface area contributed by atoms with Crippen LogP contribution in [-0.4, -0.2) is 30.9 Å². The van der Waals surface area contributed by atoms with Gasteiger partial charge < -0.3 is 5.32 Å². The molecular formula is C20H26BrNO3S. The third-order valence-electron chi connectivity index (χ3n) is 6.44. The summed E-state index contributed by atoms with van der Waals surface area (Å²) in [5, 5.41) is 2.86. The molecule has 4 nitrogen and oxygen atoms in total. The number of benzene rings is 1. The molecule has 4 saturated carbocycles. The van der Waals surface area contributed by atoms with E-state index in [0.29, 0.717) is 11.3 Å². The van der Waals surface area contributed by atoms with Crippen molar-refractivity contribution >= 4 is 31.7 Å². The molecule has 4 aliphatic rings. The number of hydrogen-bond acceptors (Lipinski definition) is 3. The third kappa shape index (κ3) is 3.72. The van der Waals surface area contributed by atoms with Crippen LogP contribution in [0.5, 0.6) is 0 Å². The average molecular weight is 440 g/mol. The van der Waals surface area contributed by atoms with Gasteiger partial charge in [-0.25, -0.2) is 8.42 Å². The molecule has 26 heavy (non-hydrogen) atoms. The molecule has 2 atom stereocenters. The fourth-order valence-electron chi connectivity index (χ4n) is 6.02. The van der Waals surface area contributed by atoms with Gasteiger partial charge in [0, 0.05) is 17.3 Å². The van der Waals surface area contributed by atoms with E-state index in [1.165, 1.54) is 19.3 Å². The molecule has 1 N–H and O–H groups in total. The largest absolute Gasteiger partial charge is 0.355 e. The second kappa shape index (κ2) is 6.62. The van der Waals surface area contributed by atoms with Crippen LogP contribution in [0.3, 0.4) is 0 Å². The number of carbonyl (C=O) groups is 1. The van der Waals surface area contributed by atoms with Crippen LogP contribution in [0.2, 0.25) is 0 Å². The minimum Gasteiger partial charge on any atom is -0.355 e. The summed E-state index contributed by atoms with van der Waals surface area (Å²) in [6.45, 7) is 0.179. The Balaban J connectivity index is 1.32. The molecule has 5 rings (SSSR count). The molecular weight excluding hydrogens is 414 g/mol. The van der Waals surface area contributed by atoms with Gasteiger partial charge in [0.1, 0.15) is 0 Å². The van der Waals surface area contributed by atoms with Gasteiger partial charge in [0.05, 0.1) is 10.6 Å². The fraction of sp³-hybridized carbons (Fsp3) is 0.650. The van der Waals surface area contributed by atoms with Crippen molar-refractivity contribution in [2.24, 2.45) is 17.3 Å². The van der Waals surface area contributed by atoms with E-state index in [1.807, 2.05) is 0 Å². The minimum absolute atomic E-state index is 0.00584. The van der Waals surface area contributed by atoms with E-state index < -0.39 is 9.84 Å². The van der Waals surface area contributed by atoms with Crippen molar-refractivity contribution in [2.75, 3.05) is 12.3 Å². The van der Waals surface area contributed by atoms with Gasteiger partial charge in [-0.05, 0) is 67.9 Å². The fourth-order valence-corrected chi connectivity index (χ4v) is 8.71. The summed E-state index contributed by atoms with van der Waals surface area (Å²) in [4.78, 5) is 12.8. The first kappa shape index (κ1) is 18.5. The van der Waals surface area contributed by atoms with Gasteiger partial charge in [0.15, 0.2) is 9.84 Å². The zero-order chi connectivity index (χ0) is 18.4. The summed E-state index contributed by atoms with van der Waals surface area (Å²) in [5.41, 5.74) is 0.121. The predicted molar refractivity (Wildman–Crippen MR) is 105 cm³/mol. The van der Waals surface area contributed by atoms with Gasteiger partial charge in [0.2, 0.25) is 5.91 Å². The van der Waals surface area contributed by atoms with Crippen molar-refractivity contribution in [1.29, 1.82) is 0 Å². The van der Waals surface area contributed by atoms with Crippen molar-refractivity contribution in [3.63, 3.8) is 0 Å². The predicted octanol–water partition coefficient (Wildman–Crippen LogP) is 3.70. The minimum atomic E-state index is -3.34. The highest BCUT2D eigenvalue weighted by atomic mass is 79.9. The zero-order valence-corrected chi connectivity index (χ0v) is 17.3. The highest BCUT2D eigenvalue weighted by Gasteiger charge is 2.57. The highest BCUT2D eigenvalue weighted by molar-refractivity contribution is 9.10. The SMILES string of the molecule is O=C(CC12CC3CC(CC(Br)(C3)C1)C2)NCCS(=O)(=O)c1ccccc1. The topological polar surface area (TPSA) is 63.2 Å². The van der Waals surface area contributed by atoms with E-state index >= 15 is 0 Å². The molecule has 4 aliphatic carbocycles. The number of hydrogen-bond donors (Lipinski definition) is 1. The van der Waals surface area contributed by atoms with E-state index in [9.17, 15) is 13.2 Å². The van der Waals surface area contributed by atoms with Crippen LogP contribution in [0.15, 0.2) is 35.2 Å². The number of rotatable bonds is 6. The Kier molecular flexibility index (Phi) is 4.71. The van der Waals surface area contributed by atoms with Gasteiger partial charge in [-0.1, -0.05) is 34.1 Å². The standard InChI is InChI=1S/C20H26BrNO3S/c21-20-11-15-8-16(12-20)10-19(9-15,14-20)13-18(23)22-6-7-26(24,25)17-4-2-1-3-5-17/h1-5,15-16H,6-14H2,(H,22,23). The molecule has 4 bridgehead atoms. The number of amides is 1. The average Bonchev–Trinajstić information content (AvgIpc) is 2.52. The summed E-state index contributed by atoms with van der Waals surface area (Å²) in [6.07, 6.45) is 7.77. The molecule has 0 aromatic heterocycles. The number of alkyl halides is 1. The number of nitrogens with one attached hydrogen (secondary N) is 1.